The van der Waals surface area contributed by atoms with Crippen molar-refractivity contribution >= 4 is 24.6 Å². The molecule has 0 amide bonds. The molecular weight excluding hydrogens is 320 g/mol. The molecule has 0 atom stereocenters. The molecule has 0 spiro atoms. The van der Waals surface area contributed by atoms with Crippen LogP contribution in [0.5, 0.6) is 11.6 Å². The van der Waals surface area contributed by atoms with Crippen LogP contribution < -0.4 is 9.47 Å². The Morgan fingerprint density at radius 2 is 2.24 bits per heavy atom. The lowest BCUT2D eigenvalue weighted by Crippen LogP contribution is -2.02. The Morgan fingerprint density at radius 1 is 1.43 bits per heavy atom. The molecule has 0 saturated carbocycles. The summed E-state index contributed by atoms with van der Waals surface area (Å²) in [4.78, 5) is 0.281. The molecule has 110 valence electrons. The maximum Gasteiger partial charge on any atom is 0.292 e. The number of thioether (sulfide) groups is 1. The molecule has 2 rings (SSSR count). The average Bonchev–Trinajstić information content (AvgIpc) is 2.83. The van der Waals surface area contributed by atoms with E-state index in [1.54, 1.807) is 12.3 Å². The van der Waals surface area contributed by atoms with Crippen LogP contribution in [0.25, 0.3) is 0 Å². The van der Waals surface area contributed by atoms with Gasteiger partial charge in [-0.2, -0.15) is 8.78 Å². The van der Waals surface area contributed by atoms with E-state index in [0.29, 0.717) is 17.3 Å². The number of nitrogens with zero attached hydrogens (tertiary/aromatic N) is 3. The summed E-state index contributed by atoms with van der Waals surface area (Å²) in [5, 5.41) is 12.5. The molecule has 0 aliphatic rings. The second kappa shape index (κ2) is 7.19. The Kier molecular flexibility index (Phi) is 5.30. The number of hydrogen-bond acceptors (Lipinski definition) is 6. The first-order chi connectivity index (χ1) is 10.1. The van der Waals surface area contributed by atoms with E-state index in [9.17, 15) is 8.78 Å². The summed E-state index contributed by atoms with van der Waals surface area (Å²) in [5.74, 6) is -2.13. The van der Waals surface area contributed by atoms with E-state index >= 15 is 0 Å². The Bertz CT molecular complexity index is 658. The molecule has 0 N–H and O–H groups in total. The van der Waals surface area contributed by atoms with Crippen molar-refractivity contribution in [3.8, 4) is 17.9 Å². The van der Waals surface area contributed by atoms with Crippen molar-refractivity contribution in [1.29, 1.82) is 5.26 Å². The van der Waals surface area contributed by atoms with Crippen LogP contribution in [-0.4, -0.2) is 14.9 Å². The van der Waals surface area contributed by atoms with Gasteiger partial charge in [0.25, 0.3) is 12.0 Å². The minimum atomic E-state index is -2.59. The standard InChI is InChI=1S/C12H9F2N3O2S2/c13-12(14)21-10-3-1-2-9(19-7-15)8(10)6-18-11-4-5-17(20)16-11/h1-5,12,20H,6H2. The molecule has 0 aliphatic heterocycles. The number of halogens is 2. The van der Waals surface area contributed by atoms with Crippen LogP contribution in [0.1, 0.15) is 5.56 Å². The molecular formula is C12H9F2N3O2S2. The molecule has 0 saturated heterocycles. The minimum absolute atomic E-state index is 0.0578. The van der Waals surface area contributed by atoms with Gasteiger partial charge in [0.05, 0.1) is 0 Å². The molecule has 0 aliphatic carbocycles. The highest BCUT2D eigenvalue weighted by Gasteiger charge is 2.16. The first-order valence-electron chi connectivity index (χ1n) is 5.60. The van der Waals surface area contributed by atoms with Crippen LogP contribution >= 0.6 is 24.6 Å². The fraction of sp³-hybridized carbons (Fsp3) is 0.167. The SMILES string of the molecule is N#COc1cccc(SC(F)F)c1COc1ccn(S)n1. The van der Waals surface area contributed by atoms with Crippen LogP contribution in [0.4, 0.5) is 8.78 Å². The van der Waals surface area contributed by atoms with Crippen molar-refractivity contribution in [2.24, 2.45) is 0 Å². The number of thiol groups is 1. The van der Waals surface area contributed by atoms with E-state index in [1.165, 1.54) is 28.5 Å². The monoisotopic (exact) mass is 329 g/mol. The van der Waals surface area contributed by atoms with E-state index in [-0.39, 0.29) is 23.1 Å². The lowest BCUT2D eigenvalue weighted by molar-refractivity contribution is 0.251. The van der Waals surface area contributed by atoms with E-state index in [1.807, 2.05) is 0 Å². The van der Waals surface area contributed by atoms with Gasteiger partial charge in [-0.15, -0.1) is 10.4 Å². The zero-order valence-corrected chi connectivity index (χ0v) is 12.2. The van der Waals surface area contributed by atoms with Gasteiger partial charge >= 0.3 is 0 Å². The Morgan fingerprint density at radius 3 is 2.86 bits per heavy atom. The van der Waals surface area contributed by atoms with Crippen LogP contribution in [0.2, 0.25) is 0 Å². The Balaban J connectivity index is 2.23. The third-order valence-corrected chi connectivity index (χ3v) is 3.41. The summed E-state index contributed by atoms with van der Waals surface area (Å²) >= 11 is 4.32. The highest BCUT2D eigenvalue weighted by Crippen LogP contribution is 2.34. The first kappa shape index (κ1) is 15.5. The summed E-state index contributed by atoms with van der Waals surface area (Å²) in [5.41, 5.74) is 0.359. The molecule has 1 aromatic carbocycles. The third-order valence-electron chi connectivity index (χ3n) is 2.38. The highest BCUT2D eigenvalue weighted by atomic mass is 32.2. The fourth-order valence-electron chi connectivity index (χ4n) is 1.56. The number of benzene rings is 1. The molecule has 5 nitrogen and oxygen atoms in total. The van der Waals surface area contributed by atoms with E-state index in [0.717, 1.165) is 0 Å². The van der Waals surface area contributed by atoms with Gasteiger partial charge < -0.3 is 9.47 Å². The molecule has 0 bridgehead atoms. The minimum Gasteiger partial charge on any atom is -0.472 e. The molecule has 1 aromatic heterocycles. The number of ether oxygens (including phenoxy) is 2. The topological polar surface area (TPSA) is 60.1 Å². The number of hydrogen-bond donors (Lipinski definition) is 1. The number of rotatable bonds is 6. The summed E-state index contributed by atoms with van der Waals surface area (Å²) in [6, 6.07) is 6.12. The summed E-state index contributed by atoms with van der Waals surface area (Å²) < 4.78 is 36.6. The normalized spacial score (nSPS) is 10.4. The van der Waals surface area contributed by atoms with Gasteiger partial charge in [0, 0.05) is 22.7 Å². The highest BCUT2D eigenvalue weighted by molar-refractivity contribution is 7.99. The van der Waals surface area contributed by atoms with Crippen LogP contribution in [0, 0.1) is 11.5 Å². The smallest absolute Gasteiger partial charge is 0.292 e. The number of nitriles is 1. The van der Waals surface area contributed by atoms with E-state index in [4.69, 9.17) is 14.7 Å². The second-order valence-electron chi connectivity index (χ2n) is 3.67. The van der Waals surface area contributed by atoms with Gasteiger partial charge in [0.1, 0.15) is 12.4 Å². The first-order valence-corrected chi connectivity index (χ1v) is 6.88. The average molecular weight is 329 g/mol. The third kappa shape index (κ3) is 4.27. The van der Waals surface area contributed by atoms with Gasteiger partial charge in [-0.3, -0.25) is 0 Å². The van der Waals surface area contributed by atoms with Crippen molar-refractivity contribution in [2.75, 3.05) is 0 Å². The zero-order chi connectivity index (χ0) is 15.2. The molecule has 0 fully saturated rings. The molecule has 9 heteroatoms. The predicted octanol–water partition coefficient (Wildman–Crippen LogP) is 3.33. The zero-order valence-electron chi connectivity index (χ0n) is 10.4. The van der Waals surface area contributed by atoms with Crippen molar-refractivity contribution in [3.05, 3.63) is 36.0 Å². The van der Waals surface area contributed by atoms with Gasteiger partial charge in [-0.1, -0.05) is 17.8 Å². The van der Waals surface area contributed by atoms with E-state index in [2.05, 4.69) is 17.9 Å². The van der Waals surface area contributed by atoms with Gasteiger partial charge in [0.15, 0.2) is 0 Å². The van der Waals surface area contributed by atoms with Gasteiger partial charge in [-0.25, -0.2) is 4.09 Å². The van der Waals surface area contributed by atoms with Crippen LogP contribution in [-0.2, 0) is 6.61 Å². The quantitative estimate of drug-likeness (QED) is 0.500. The van der Waals surface area contributed by atoms with Gasteiger partial charge in [0.2, 0.25) is 5.88 Å². The maximum absolute atomic E-state index is 12.6. The molecule has 0 unspecified atom stereocenters. The molecule has 2 aromatic rings. The predicted molar refractivity (Wildman–Crippen MR) is 75.5 cm³/mol. The Labute approximate surface area is 129 Å². The summed E-state index contributed by atoms with van der Waals surface area (Å²) in [6.45, 7) is -0.0578. The maximum atomic E-state index is 12.6. The lowest BCUT2D eigenvalue weighted by atomic mass is 10.2. The second-order valence-corrected chi connectivity index (χ2v) is 5.11. The van der Waals surface area contributed by atoms with Gasteiger partial charge in [-0.05, 0) is 24.9 Å². The van der Waals surface area contributed by atoms with Crippen LogP contribution in [0.15, 0.2) is 35.4 Å². The Hall–Kier alpha value is -1.92. The van der Waals surface area contributed by atoms with E-state index < -0.39 is 5.76 Å². The molecule has 21 heavy (non-hydrogen) atoms. The molecule has 0 radical (unpaired) electrons. The summed E-state index contributed by atoms with van der Waals surface area (Å²) in [6.07, 6.45) is 3.08. The largest absolute Gasteiger partial charge is 0.472 e. The van der Waals surface area contributed by atoms with Crippen molar-refractivity contribution in [1.82, 2.24) is 9.19 Å². The van der Waals surface area contributed by atoms with Crippen molar-refractivity contribution < 1.29 is 18.3 Å². The summed E-state index contributed by atoms with van der Waals surface area (Å²) in [7, 11) is 0. The van der Waals surface area contributed by atoms with Crippen molar-refractivity contribution in [2.45, 2.75) is 17.3 Å². The molecule has 1 heterocycles. The lowest BCUT2D eigenvalue weighted by Gasteiger charge is -2.12. The van der Waals surface area contributed by atoms with Crippen molar-refractivity contribution in [3.63, 3.8) is 0 Å². The number of aromatic nitrogens is 2. The number of alkyl halides is 2. The fourth-order valence-corrected chi connectivity index (χ4v) is 2.37. The van der Waals surface area contributed by atoms with Crippen LogP contribution in [0.3, 0.4) is 0 Å².